The van der Waals surface area contributed by atoms with Gasteiger partial charge in [-0.15, -0.1) is 0 Å². The summed E-state index contributed by atoms with van der Waals surface area (Å²) in [5.41, 5.74) is 1.37. The Morgan fingerprint density at radius 3 is 2.79 bits per heavy atom. The average molecular weight is 403 g/mol. The molecule has 0 N–H and O–H groups in total. The maximum atomic E-state index is 12.6. The molecule has 0 aromatic heterocycles. The van der Waals surface area contributed by atoms with Crippen molar-refractivity contribution in [3.63, 3.8) is 0 Å². The number of hydrogen-bond donors (Lipinski definition) is 0. The number of fused-ring (bicyclic) bond motifs is 1. The smallest absolute Gasteiger partial charge is 0.231 e. The van der Waals surface area contributed by atoms with E-state index in [-0.39, 0.29) is 5.41 Å². The zero-order valence-electron chi connectivity index (χ0n) is 17.8. The van der Waals surface area contributed by atoms with E-state index in [9.17, 15) is 4.79 Å². The van der Waals surface area contributed by atoms with Crippen molar-refractivity contribution in [1.29, 1.82) is 0 Å². The number of amides is 1. The minimum atomic E-state index is 0.112. The normalized spacial score (nSPS) is 25.6. The van der Waals surface area contributed by atoms with Gasteiger partial charge in [0.05, 0.1) is 6.61 Å². The molecular weight excluding hydrogens is 368 g/mol. The summed E-state index contributed by atoms with van der Waals surface area (Å²) in [4.78, 5) is 17.2. The van der Waals surface area contributed by atoms with Gasteiger partial charge in [-0.25, -0.2) is 0 Å². The Morgan fingerprint density at radius 1 is 1.21 bits per heavy atom. The van der Waals surface area contributed by atoms with Gasteiger partial charge in [0.2, 0.25) is 12.7 Å². The fraction of sp³-hybridized carbons (Fsp3) is 0.696. The summed E-state index contributed by atoms with van der Waals surface area (Å²) in [5.74, 6) is 2.62. The third-order valence-corrected chi connectivity index (χ3v) is 6.73. The number of piperidine rings is 2. The van der Waals surface area contributed by atoms with Crippen LogP contribution in [0.5, 0.6) is 11.5 Å². The molecule has 4 rings (SSSR count). The van der Waals surface area contributed by atoms with Gasteiger partial charge in [0.1, 0.15) is 0 Å². The molecule has 3 aliphatic heterocycles. The fourth-order valence-corrected chi connectivity index (χ4v) is 4.97. The standard InChI is InChI=1S/C23H34N2O4/c1-23(14-19-3-4-20-21(13-19)29-17-28-20)8-5-22(26)25(16-23)15-18-6-9-24(10-7-18)11-12-27-2/h3-4,13,18H,5-12,14-17H2,1-2H3/t23-/m1/s1. The molecule has 2 saturated heterocycles. The highest BCUT2D eigenvalue weighted by Gasteiger charge is 2.36. The molecule has 0 saturated carbocycles. The van der Waals surface area contributed by atoms with E-state index in [2.05, 4.69) is 28.9 Å². The van der Waals surface area contributed by atoms with Gasteiger partial charge in [-0.2, -0.15) is 0 Å². The van der Waals surface area contributed by atoms with Crippen LogP contribution < -0.4 is 9.47 Å². The van der Waals surface area contributed by atoms with Crippen LogP contribution in [0.2, 0.25) is 0 Å². The molecule has 1 aromatic rings. The number of rotatable bonds is 7. The Morgan fingerprint density at radius 2 is 2.00 bits per heavy atom. The zero-order chi connectivity index (χ0) is 20.3. The van der Waals surface area contributed by atoms with Gasteiger partial charge < -0.3 is 24.0 Å². The number of likely N-dealkylation sites (tertiary alicyclic amines) is 2. The molecule has 160 valence electrons. The molecule has 6 heteroatoms. The fourth-order valence-electron chi connectivity index (χ4n) is 4.97. The predicted molar refractivity (Wildman–Crippen MR) is 111 cm³/mol. The molecule has 0 aliphatic carbocycles. The number of hydrogen-bond acceptors (Lipinski definition) is 5. The lowest BCUT2D eigenvalue weighted by molar-refractivity contribution is -0.138. The van der Waals surface area contributed by atoms with Gasteiger partial charge in [-0.3, -0.25) is 4.79 Å². The van der Waals surface area contributed by atoms with Crippen LogP contribution in [0.1, 0.15) is 38.2 Å². The van der Waals surface area contributed by atoms with Crippen LogP contribution in [0.3, 0.4) is 0 Å². The van der Waals surface area contributed by atoms with Crippen molar-refractivity contribution in [2.24, 2.45) is 11.3 Å². The van der Waals surface area contributed by atoms with E-state index in [0.29, 0.717) is 25.0 Å². The summed E-state index contributed by atoms with van der Waals surface area (Å²) in [6.07, 6.45) is 4.92. The minimum absolute atomic E-state index is 0.112. The molecule has 3 aliphatic rings. The highest BCUT2D eigenvalue weighted by Crippen LogP contribution is 2.38. The minimum Gasteiger partial charge on any atom is -0.454 e. The molecule has 0 spiro atoms. The van der Waals surface area contributed by atoms with E-state index in [1.807, 2.05) is 6.07 Å². The van der Waals surface area contributed by atoms with E-state index in [4.69, 9.17) is 14.2 Å². The van der Waals surface area contributed by atoms with Crippen LogP contribution in [-0.2, 0) is 16.0 Å². The summed E-state index contributed by atoms with van der Waals surface area (Å²) in [6, 6.07) is 6.24. The summed E-state index contributed by atoms with van der Waals surface area (Å²) < 4.78 is 16.2. The Balaban J connectivity index is 1.32. The molecule has 1 amide bonds. The van der Waals surface area contributed by atoms with Crippen LogP contribution in [0.15, 0.2) is 18.2 Å². The molecule has 3 heterocycles. The van der Waals surface area contributed by atoms with Crippen LogP contribution in [0.4, 0.5) is 0 Å². The van der Waals surface area contributed by atoms with Gasteiger partial charge in [0, 0.05) is 33.2 Å². The first-order valence-electron chi connectivity index (χ1n) is 10.9. The van der Waals surface area contributed by atoms with Gasteiger partial charge in [0.15, 0.2) is 11.5 Å². The van der Waals surface area contributed by atoms with Gasteiger partial charge >= 0.3 is 0 Å². The summed E-state index contributed by atoms with van der Waals surface area (Å²) in [5, 5.41) is 0. The molecule has 0 bridgehead atoms. The van der Waals surface area contributed by atoms with Crippen LogP contribution >= 0.6 is 0 Å². The predicted octanol–water partition coefficient (Wildman–Crippen LogP) is 2.94. The zero-order valence-corrected chi connectivity index (χ0v) is 17.8. The van der Waals surface area contributed by atoms with Gasteiger partial charge in [-0.05, 0) is 67.8 Å². The number of methoxy groups -OCH3 is 1. The van der Waals surface area contributed by atoms with Crippen LogP contribution in [0.25, 0.3) is 0 Å². The lowest BCUT2D eigenvalue weighted by atomic mass is 9.76. The highest BCUT2D eigenvalue weighted by atomic mass is 16.7. The Bertz CT molecular complexity index is 717. The van der Waals surface area contributed by atoms with E-state index in [1.54, 1.807) is 7.11 Å². The number of carbonyl (C=O) groups excluding carboxylic acids is 1. The SMILES string of the molecule is COCCN1CCC(CN2C[C@@](C)(Cc3ccc4c(c3)OCO4)CCC2=O)CC1. The lowest BCUT2D eigenvalue weighted by Crippen LogP contribution is -2.49. The van der Waals surface area contributed by atoms with Crippen LogP contribution in [0, 0.1) is 11.3 Å². The number of benzene rings is 1. The third kappa shape index (κ3) is 5.04. The van der Waals surface area contributed by atoms with Crippen molar-refractivity contribution >= 4 is 5.91 Å². The van der Waals surface area contributed by atoms with Crippen molar-refractivity contribution in [1.82, 2.24) is 9.80 Å². The molecule has 2 fully saturated rings. The van der Waals surface area contributed by atoms with Crippen molar-refractivity contribution in [2.75, 3.05) is 53.2 Å². The molecule has 1 atom stereocenters. The molecule has 0 unspecified atom stereocenters. The molecule has 6 nitrogen and oxygen atoms in total. The van der Waals surface area contributed by atoms with Gasteiger partial charge in [-0.1, -0.05) is 13.0 Å². The largest absolute Gasteiger partial charge is 0.454 e. The summed E-state index contributed by atoms with van der Waals surface area (Å²) in [7, 11) is 1.76. The number of nitrogens with zero attached hydrogens (tertiary/aromatic N) is 2. The van der Waals surface area contributed by atoms with E-state index in [0.717, 1.165) is 63.7 Å². The Kier molecular flexibility index (Phi) is 6.30. The maximum absolute atomic E-state index is 12.6. The lowest BCUT2D eigenvalue weighted by Gasteiger charge is -2.43. The number of carbonyl (C=O) groups is 1. The second kappa shape index (κ2) is 8.92. The van der Waals surface area contributed by atoms with E-state index >= 15 is 0 Å². The Hall–Kier alpha value is -1.79. The highest BCUT2D eigenvalue weighted by molar-refractivity contribution is 5.77. The van der Waals surface area contributed by atoms with Crippen molar-refractivity contribution in [3.8, 4) is 11.5 Å². The second-order valence-electron chi connectivity index (χ2n) is 9.23. The maximum Gasteiger partial charge on any atom is 0.231 e. The monoisotopic (exact) mass is 402 g/mol. The van der Waals surface area contributed by atoms with Gasteiger partial charge in [0.25, 0.3) is 0 Å². The summed E-state index contributed by atoms with van der Waals surface area (Å²) in [6.45, 7) is 8.44. The quantitative estimate of drug-likeness (QED) is 0.702. The van der Waals surface area contributed by atoms with Crippen LogP contribution in [-0.4, -0.2) is 68.9 Å². The number of ether oxygens (including phenoxy) is 3. The molecule has 0 radical (unpaired) electrons. The summed E-state index contributed by atoms with van der Waals surface area (Å²) >= 11 is 0. The third-order valence-electron chi connectivity index (χ3n) is 6.73. The second-order valence-corrected chi connectivity index (χ2v) is 9.23. The van der Waals surface area contributed by atoms with Crippen molar-refractivity contribution in [3.05, 3.63) is 23.8 Å². The average Bonchev–Trinajstić information content (AvgIpc) is 3.18. The first kappa shape index (κ1) is 20.5. The van der Waals surface area contributed by atoms with Crippen molar-refractivity contribution < 1.29 is 19.0 Å². The molecule has 1 aromatic carbocycles. The van der Waals surface area contributed by atoms with E-state index in [1.165, 1.54) is 18.4 Å². The molecule has 29 heavy (non-hydrogen) atoms. The first-order chi connectivity index (χ1) is 14.0. The first-order valence-corrected chi connectivity index (χ1v) is 10.9. The Labute approximate surface area is 174 Å². The molecular formula is C23H34N2O4. The van der Waals surface area contributed by atoms with E-state index < -0.39 is 0 Å². The van der Waals surface area contributed by atoms with Crippen molar-refractivity contribution in [2.45, 2.75) is 39.0 Å². The topological polar surface area (TPSA) is 51.2 Å².